The highest BCUT2D eigenvalue weighted by Gasteiger charge is 1.99. The zero-order valence-corrected chi connectivity index (χ0v) is 7.53. The number of carbonyl (C=O) groups is 1. The number of benzene rings is 1. The third-order valence-corrected chi connectivity index (χ3v) is 1.82. The molecule has 0 unspecified atom stereocenters. The molecule has 13 heavy (non-hydrogen) atoms. The predicted octanol–water partition coefficient (Wildman–Crippen LogP) is 2.56. The first-order chi connectivity index (χ1) is 6.24. The van der Waals surface area contributed by atoms with Crippen LogP contribution in [0, 0.1) is 0 Å². The van der Waals surface area contributed by atoms with Gasteiger partial charge < -0.3 is 5.11 Å². The standard InChI is InChI=1S/C11H12O2/c1-2-9(8-11(12)13)10-6-4-3-5-7-10/h3-8H,2H2,1H3,(H,12,13). The van der Waals surface area contributed by atoms with E-state index >= 15 is 0 Å². The summed E-state index contributed by atoms with van der Waals surface area (Å²) >= 11 is 0. The molecule has 68 valence electrons. The number of aliphatic carboxylic acids is 1. The van der Waals surface area contributed by atoms with E-state index in [9.17, 15) is 4.79 Å². The van der Waals surface area contributed by atoms with Crippen molar-refractivity contribution in [1.82, 2.24) is 0 Å². The Morgan fingerprint density at radius 2 is 2.00 bits per heavy atom. The number of allylic oxidation sites excluding steroid dienone is 1. The molecule has 0 saturated carbocycles. The second-order valence-electron chi connectivity index (χ2n) is 2.73. The highest BCUT2D eigenvalue weighted by Crippen LogP contribution is 2.16. The van der Waals surface area contributed by atoms with Gasteiger partial charge in [0.25, 0.3) is 0 Å². The maximum absolute atomic E-state index is 10.5. The minimum atomic E-state index is -0.888. The lowest BCUT2D eigenvalue weighted by Gasteiger charge is -2.02. The highest BCUT2D eigenvalue weighted by molar-refractivity contribution is 5.89. The molecule has 2 heteroatoms. The third-order valence-electron chi connectivity index (χ3n) is 1.82. The van der Waals surface area contributed by atoms with Crippen LogP contribution in [-0.2, 0) is 4.79 Å². The van der Waals surface area contributed by atoms with Crippen LogP contribution in [0.3, 0.4) is 0 Å². The van der Waals surface area contributed by atoms with Crippen molar-refractivity contribution in [2.24, 2.45) is 0 Å². The van der Waals surface area contributed by atoms with Gasteiger partial charge in [-0.3, -0.25) is 0 Å². The molecule has 1 N–H and O–H groups in total. The molecule has 0 bridgehead atoms. The van der Waals surface area contributed by atoms with Crippen molar-refractivity contribution in [1.29, 1.82) is 0 Å². The van der Waals surface area contributed by atoms with Crippen molar-refractivity contribution in [3.63, 3.8) is 0 Å². The average Bonchev–Trinajstić information content (AvgIpc) is 2.15. The Balaban J connectivity index is 2.98. The van der Waals surface area contributed by atoms with E-state index < -0.39 is 5.97 Å². The van der Waals surface area contributed by atoms with E-state index in [1.165, 1.54) is 6.08 Å². The molecule has 0 aliphatic carbocycles. The highest BCUT2D eigenvalue weighted by atomic mass is 16.4. The van der Waals surface area contributed by atoms with Crippen molar-refractivity contribution >= 4 is 11.5 Å². The Morgan fingerprint density at radius 1 is 1.38 bits per heavy atom. The molecule has 0 saturated heterocycles. The van der Waals surface area contributed by atoms with Crippen molar-refractivity contribution < 1.29 is 9.90 Å². The maximum atomic E-state index is 10.5. The van der Waals surface area contributed by atoms with Crippen LogP contribution in [0.25, 0.3) is 5.57 Å². The van der Waals surface area contributed by atoms with E-state index in [1.807, 2.05) is 37.3 Å². The molecule has 0 atom stereocenters. The van der Waals surface area contributed by atoms with Crippen LogP contribution in [-0.4, -0.2) is 11.1 Å². The summed E-state index contributed by atoms with van der Waals surface area (Å²) in [6, 6.07) is 9.55. The van der Waals surface area contributed by atoms with Crippen LogP contribution in [0.2, 0.25) is 0 Å². The van der Waals surface area contributed by atoms with Gasteiger partial charge in [-0.05, 0) is 17.6 Å². The van der Waals surface area contributed by atoms with Gasteiger partial charge in [0.05, 0.1) is 0 Å². The van der Waals surface area contributed by atoms with Gasteiger partial charge in [0.1, 0.15) is 0 Å². The summed E-state index contributed by atoms with van der Waals surface area (Å²) in [5.41, 5.74) is 1.83. The van der Waals surface area contributed by atoms with Crippen LogP contribution in [0.1, 0.15) is 18.9 Å². The lowest BCUT2D eigenvalue weighted by Crippen LogP contribution is -1.91. The normalized spacial score (nSPS) is 11.3. The number of carboxylic acids is 1. The predicted molar refractivity (Wildman–Crippen MR) is 52.3 cm³/mol. The van der Waals surface area contributed by atoms with Crippen molar-refractivity contribution in [2.45, 2.75) is 13.3 Å². The monoisotopic (exact) mass is 176 g/mol. The first-order valence-electron chi connectivity index (χ1n) is 4.23. The molecule has 0 aliphatic rings. The van der Waals surface area contributed by atoms with Gasteiger partial charge in [-0.2, -0.15) is 0 Å². The van der Waals surface area contributed by atoms with Crippen molar-refractivity contribution in [3.8, 4) is 0 Å². The van der Waals surface area contributed by atoms with E-state index in [4.69, 9.17) is 5.11 Å². The van der Waals surface area contributed by atoms with Crippen LogP contribution in [0.4, 0.5) is 0 Å². The summed E-state index contributed by atoms with van der Waals surface area (Å²) in [5.74, 6) is -0.888. The molecule has 0 radical (unpaired) electrons. The molecule has 0 aromatic heterocycles. The Morgan fingerprint density at radius 3 is 2.46 bits per heavy atom. The second-order valence-corrected chi connectivity index (χ2v) is 2.73. The first-order valence-corrected chi connectivity index (χ1v) is 4.23. The largest absolute Gasteiger partial charge is 0.478 e. The van der Waals surface area contributed by atoms with E-state index in [0.29, 0.717) is 0 Å². The Kier molecular flexibility index (Phi) is 3.26. The van der Waals surface area contributed by atoms with E-state index in [2.05, 4.69) is 0 Å². The topological polar surface area (TPSA) is 37.3 Å². The number of hydrogen-bond donors (Lipinski definition) is 1. The zero-order chi connectivity index (χ0) is 9.68. The molecule has 0 aliphatic heterocycles. The number of carboxylic acid groups (broad SMARTS) is 1. The molecule has 1 aromatic carbocycles. The Hall–Kier alpha value is -1.57. The SMILES string of the molecule is CCC(=CC(=O)O)c1ccccc1. The van der Waals surface area contributed by atoms with Gasteiger partial charge in [-0.1, -0.05) is 37.3 Å². The summed E-state index contributed by atoms with van der Waals surface area (Å²) < 4.78 is 0. The summed E-state index contributed by atoms with van der Waals surface area (Å²) in [7, 11) is 0. The van der Waals surface area contributed by atoms with Crippen molar-refractivity contribution in [3.05, 3.63) is 42.0 Å². The molecule has 1 rings (SSSR count). The Bertz CT molecular complexity index is 312. The lowest BCUT2D eigenvalue weighted by atomic mass is 10.0. The Labute approximate surface area is 77.5 Å². The first kappa shape index (κ1) is 9.52. The molecule has 1 aromatic rings. The van der Waals surface area contributed by atoms with E-state index in [0.717, 1.165) is 17.6 Å². The second kappa shape index (κ2) is 4.45. The van der Waals surface area contributed by atoms with Gasteiger partial charge in [-0.15, -0.1) is 0 Å². The summed E-state index contributed by atoms with van der Waals surface area (Å²) in [5, 5.41) is 8.60. The number of hydrogen-bond acceptors (Lipinski definition) is 1. The molecular formula is C11H12O2. The van der Waals surface area contributed by atoms with Crippen LogP contribution in [0.15, 0.2) is 36.4 Å². The zero-order valence-electron chi connectivity index (χ0n) is 7.53. The molecule has 0 amide bonds. The molecule has 0 fully saturated rings. The summed E-state index contributed by atoms with van der Waals surface area (Å²) in [6.45, 7) is 1.95. The summed E-state index contributed by atoms with van der Waals surface area (Å²) in [4.78, 5) is 10.5. The van der Waals surface area contributed by atoms with E-state index in [1.54, 1.807) is 0 Å². The van der Waals surface area contributed by atoms with Crippen LogP contribution >= 0.6 is 0 Å². The molecular weight excluding hydrogens is 164 g/mol. The van der Waals surface area contributed by atoms with Gasteiger partial charge in [0.2, 0.25) is 0 Å². The molecule has 0 heterocycles. The fourth-order valence-electron chi connectivity index (χ4n) is 1.19. The quantitative estimate of drug-likeness (QED) is 0.718. The number of rotatable bonds is 3. The lowest BCUT2D eigenvalue weighted by molar-refractivity contribution is -0.131. The fraction of sp³-hybridized carbons (Fsp3) is 0.182. The van der Waals surface area contributed by atoms with E-state index in [-0.39, 0.29) is 0 Å². The molecule has 0 spiro atoms. The third kappa shape index (κ3) is 2.75. The van der Waals surface area contributed by atoms with Gasteiger partial charge in [0, 0.05) is 6.08 Å². The van der Waals surface area contributed by atoms with Gasteiger partial charge in [0.15, 0.2) is 0 Å². The molecule has 2 nitrogen and oxygen atoms in total. The maximum Gasteiger partial charge on any atom is 0.328 e. The van der Waals surface area contributed by atoms with Crippen LogP contribution < -0.4 is 0 Å². The smallest absolute Gasteiger partial charge is 0.328 e. The average molecular weight is 176 g/mol. The van der Waals surface area contributed by atoms with Gasteiger partial charge >= 0.3 is 5.97 Å². The van der Waals surface area contributed by atoms with Crippen LogP contribution in [0.5, 0.6) is 0 Å². The minimum absolute atomic E-state index is 0.732. The van der Waals surface area contributed by atoms with Crippen molar-refractivity contribution in [2.75, 3.05) is 0 Å². The minimum Gasteiger partial charge on any atom is -0.478 e. The fourth-order valence-corrected chi connectivity index (χ4v) is 1.19. The van der Waals surface area contributed by atoms with Gasteiger partial charge in [-0.25, -0.2) is 4.79 Å². The summed E-state index contributed by atoms with van der Waals surface area (Å²) in [6.07, 6.45) is 1.99.